The number of hydrogen-bond acceptors (Lipinski definition) is 3. The summed E-state index contributed by atoms with van der Waals surface area (Å²) in [4.78, 5) is 18.4. The van der Waals surface area contributed by atoms with E-state index < -0.39 is 12.8 Å². The Hall–Kier alpha value is -1.72. The van der Waals surface area contributed by atoms with Gasteiger partial charge in [0.15, 0.2) is 12.6 Å². The zero-order chi connectivity index (χ0) is 21.3. The second kappa shape index (κ2) is 12.9. The molecule has 0 saturated carbocycles. The van der Waals surface area contributed by atoms with Gasteiger partial charge in [-0.15, -0.1) is 24.0 Å². The summed E-state index contributed by atoms with van der Waals surface area (Å²) in [5.74, 6) is 0.794. The van der Waals surface area contributed by atoms with Gasteiger partial charge >= 0.3 is 6.18 Å². The lowest BCUT2D eigenvalue weighted by Gasteiger charge is -2.16. The summed E-state index contributed by atoms with van der Waals surface area (Å²) in [7, 11) is 0. The van der Waals surface area contributed by atoms with E-state index in [4.69, 9.17) is 4.74 Å². The van der Waals surface area contributed by atoms with E-state index in [2.05, 4.69) is 15.6 Å². The number of ether oxygens (including phenoxy) is 1. The zero-order valence-corrected chi connectivity index (χ0v) is 19.7. The van der Waals surface area contributed by atoms with Crippen molar-refractivity contribution in [2.75, 3.05) is 32.8 Å². The van der Waals surface area contributed by atoms with Gasteiger partial charge in [-0.05, 0) is 38.3 Å². The third kappa shape index (κ3) is 9.40. The molecule has 1 fully saturated rings. The molecule has 0 unspecified atom stereocenters. The van der Waals surface area contributed by atoms with Gasteiger partial charge in [-0.3, -0.25) is 4.79 Å². The molecule has 2 N–H and O–H groups in total. The van der Waals surface area contributed by atoms with Gasteiger partial charge in [0.2, 0.25) is 5.91 Å². The van der Waals surface area contributed by atoms with Crippen LogP contribution in [0.2, 0.25) is 0 Å². The summed E-state index contributed by atoms with van der Waals surface area (Å²) in [6.45, 7) is 5.21. The number of alkyl halides is 3. The lowest BCUT2D eigenvalue weighted by atomic mass is 10.1. The lowest BCUT2D eigenvalue weighted by molar-refractivity contribution is -0.153. The highest BCUT2D eigenvalue weighted by molar-refractivity contribution is 14.0. The zero-order valence-electron chi connectivity index (χ0n) is 17.3. The number of carbonyl (C=O) groups excluding carboxylic acids is 1. The van der Waals surface area contributed by atoms with Crippen LogP contribution in [0.5, 0.6) is 5.75 Å². The van der Waals surface area contributed by atoms with E-state index in [1.54, 1.807) is 25.1 Å². The van der Waals surface area contributed by atoms with Crippen molar-refractivity contribution >= 4 is 35.8 Å². The van der Waals surface area contributed by atoms with E-state index in [1.165, 1.54) is 0 Å². The molecular weight excluding hydrogens is 512 g/mol. The fraction of sp³-hybridized carbons (Fsp3) is 0.600. The van der Waals surface area contributed by atoms with Crippen molar-refractivity contribution in [2.45, 2.75) is 45.8 Å². The summed E-state index contributed by atoms with van der Waals surface area (Å²) in [5, 5.41) is 6.18. The number of halogens is 4. The number of nitrogens with one attached hydrogen (secondary N) is 2. The first kappa shape index (κ1) is 26.3. The average Bonchev–Trinajstić information content (AvgIpc) is 3.19. The molecule has 170 valence electrons. The lowest BCUT2D eigenvalue weighted by Crippen LogP contribution is -2.39. The largest absolute Gasteiger partial charge is 0.484 e. The van der Waals surface area contributed by atoms with E-state index in [0.29, 0.717) is 31.0 Å². The molecule has 1 amide bonds. The van der Waals surface area contributed by atoms with Crippen LogP contribution in [0, 0.1) is 6.92 Å². The van der Waals surface area contributed by atoms with Gasteiger partial charge in [0.25, 0.3) is 0 Å². The van der Waals surface area contributed by atoms with Crippen molar-refractivity contribution in [1.82, 2.24) is 15.5 Å². The number of amides is 1. The first-order valence-electron chi connectivity index (χ1n) is 9.87. The maximum absolute atomic E-state index is 12.5. The van der Waals surface area contributed by atoms with Crippen LogP contribution in [-0.4, -0.2) is 55.7 Å². The Morgan fingerprint density at radius 1 is 1.23 bits per heavy atom. The molecule has 30 heavy (non-hydrogen) atoms. The molecule has 1 aromatic rings. The standard InChI is InChI=1S/C20H29F3N4O2.HI/c1-3-24-19(25-9-8-18(28)27-10-4-5-11-27)26-13-16-7-6-15(2)12-17(16)29-14-20(21,22)23;/h6-7,12H,3-5,8-11,13-14H2,1-2H3,(H2,24,25,26);1H. The highest BCUT2D eigenvalue weighted by Crippen LogP contribution is 2.24. The normalized spacial score (nSPS) is 14.3. The minimum Gasteiger partial charge on any atom is -0.484 e. The molecule has 0 aromatic heterocycles. The first-order chi connectivity index (χ1) is 13.8. The predicted molar refractivity (Wildman–Crippen MR) is 121 cm³/mol. The summed E-state index contributed by atoms with van der Waals surface area (Å²) < 4.78 is 42.5. The van der Waals surface area contributed by atoms with Crippen molar-refractivity contribution in [2.24, 2.45) is 4.99 Å². The minimum absolute atomic E-state index is 0. The van der Waals surface area contributed by atoms with Crippen LogP contribution in [0.4, 0.5) is 13.2 Å². The number of aryl methyl sites for hydroxylation is 1. The average molecular weight is 542 g/mol. The van der Waals surface area contributed by atoms with Crippen molar-refractivity contribution in [3.63, 3.8) is 0 Å². The van der Waals surface area contributed by atoms with Gasteiger partial charge in [-0.25, -0.2) is 4.99 Å². The van der Waals surface area contributed by atoms with Crippen LogP contribution < -0.4 is 15.4 Å². The predicted octanol–water partition coefficient (Wildman–Crippen LogP) is 3.62. The summed E-state index contributed by atoms with van der Waals surface area (Å²) >= 11 is 0. The first-order valence-corrected chi connectivity index (χ1v) is 9.87. The summed E-state index contributed by atoms with van der Waals surface area (Å²) in [6.07, 6.45) is -1.92. The molecule has 0 aliphatic carbocycles. The monoisotopic (exact) mass is 542 g/mol. The Kier molecular flexibility index (Phi) is 11.3. The Bertz CT molecular complexity index is 708. The SMILES string of the molecule is CCNC(=NCc1ccc(C)cc1OCC(F)(F)F)NCCC(=O)N1CCCC1.I. The van der Waals surface area contributed by atoms with Crippen molar-refractivity contribution < 1.29 is 22.7 Å². The Morgan fingerprint density at radius 3 is 2.57 bits per heavy atom. The maximum Gasteiger partial charge on any atom is 0.422 e. The molecule has 0 spiro atoms. The molecule has 1 saturated heterocycles. The number of rotatable bonds is 8. The number of carbonyl (C=O) groups is 1. The van der Waals surface area contributed by atoms with Crippen LogP contribution >= 0.6 is 24.0 Å². The van der Waals surface area contributed by atoms with Gasteiger partial charge in [-0.1, -0.05) is 12.1 Å². The van der Waals surface area contributed by atoms with Gasteiger partial charge in [-0.2, -0.15) is 13.2 Å². The fourth-order valence-electron chi connectivity index (χ4n) is 3.00. The van der Waals surface area contributed by atoms with Crippen molar-refractivity contribution in [1.29, 1.82) is 0 Å². The maximum atomic E-state index is 12.5. The molecule has 1 aliphatic heterocycles. The van der Waals surface area contributed by atoms with E-state index in [1.807, 2.05) is 11.8 Å². The van der Waals surface area contributed by atoms with E-state index in [0.717, 1.165) is 31.5 Å². The Balaban J connectivity index is 0.00000450. The van der Waals surface area contributed by atoms with E-state index in [9.17, 15) is 18.0 Å². The molecule has 0 radical (unpaired) electrons. The number of benzene rings is 1. The number of hydrogen-bond donors (Lipinski definition) is 2. The van der Waals surface area contributed by atoms with Crippen LogP contribution in [0.1, 0.15) is 37.3 Å². The number of likely N-dealkylation sites (tertiary alicyclic amines) is 1. The van der Waals surface area contributed by atoms with Crippen LogP contribution in [0.25, 0.3) is 0 Å². The second-order valence-corrected chi connectivity index (χ2v) is 6.97. The molecule has 1 aliphatic rings. The number of nitrogens with zero attached hydrogens (tertiary/aromatic N) is 2. The quantitative estimate of drug-likeness (QED) is 0.299. The second-order valence-electron chi connectivity index (χ2n) is 6.97. The molecule has 1 heterocycles. The van der Waals surface area contributed by atoms with Crippen molar-refractivity contribution in [3.8, 4) is 5.75 Å². The molecule has 1 aromatic carbocycles. The fourth-order valence-corrected chi connectivity index (χ4v) is 3.00. The highest BCUT2D eigenvalue weighted by atomic mass is 127. The molecule has 0 atom stereocenters. The van der Waals surface area contributed by atoms with Crippen LogP contribution in [0.15, 0.2) is 23.2 Å². The van der Waals surface area contributed by atoms with Gasteiger partial charge in [0.05, 0.1) is 6.54 Å². The molecule has 2 rings (SSSR count). The smallest absolute Gasteiger partial charge is 0.422 e. The van der Waals surface area contributed by atoms with Gasteiger partial charge in [0.1, 0.15) is 5.75 Å². The van der Waals surface area contributed by atoms with E-state index in [-0.39, 0.29) is 42.2 Å². The molecule has 10 heteroatoms. The number of guanidine groups is 1. The Labute approximate surface area is 192 Å². The summed E-state index contributed by atoms with van der Waals surface area (Å²) in [6, 6.07) is 5.09. The van der Waals surface area contributed by atoms with Gasteiger partial charge in [0, 0.05) is 38.2 Å². The molecular formula is C20H30F3IN4O2. The topological polar surface area (TPSA) is 66.0 Å². The third-order valence-electron chi connectivity index (χ3n) is 4.46. The minimum atomic E-state index is -4.40. The third-order valence-corrected chi connectivity index (χ3v) is 4.46. The highest BCUT2D eigenvalue weighted by Gasteiger charge is 2.28. The Morgan fingerprint density at radius 2 is 1.93 bits per heavy atom. The van der Waals surface area contributed by atoms with Crippen LogP contribution in [-0.2, 0) is 11.3 Å². The molecule has 0 bridgehead atoms. The van der Waals surface area contributed by atoms with Crippen molar-refractivity contribution in [3.05, 3.63) is 29.3 Å². The van der Waals surface area contributed by atoms with Gasteiger partial charge < -0.3 is 20.3 Å². The number of aliphatic imine (C=N–C) groups is 1. The van der Waals surface area contributed by atoms with Crippen LogP contribution in [0.3, 0.4) is 0 Å². The molecule has 6 nitrogen and oxygen atoms in total. The van der Waals surface area contributed by atoms with E-state index >= 15 is 0 Å². The summed E-state index contributed by atoms with van der Waals surface area (Å²) in [5.41, 5.74) is 1.37.